The minimum absolute atomic E-state index is 0.0553. The van der Waals surface area contributed by atoms with Crippen molar-refractivity contribution in [2.24, 2.45) is 0 Å². The predicted molar refractivity (Wildman–Crippen MR) is 96.8 cm³/mol. The molecular formula is C18H18N6O2. The number of terminal acetylenes is 1. The largest absolute Gasteiger partial charge is 0.471 e. The van der Waals surface area contributed by atoms with E-state index in [-0.39, 0.29) is 11.9 Å². The molecule has 0 atom stereocenters. The number of carbonyl (C=O) groups excluding carboxylic acids is 1. The molecule has 0 spiro atoms. The van der Waals surface area contributed by atoms with Gasteiger partial charge in [-0.3, -0.25) is 4.79 Å². The maximum atomic E-state index is 11.6. The first-order valence-corrected chi connectivity index (χ1v) is 8.03. The predicted octanol–water partition coefficient (Wildman–Crippen LogP) is 1.54. The van der Waals surface area contributed by atoms with Crippen molar-refractivity contribution in [3.05, 3.63) is 41.7 Å². The normalized spacial score (nSPS) is 10.4. The Hall–Kier alpha value is -3.60. The maximum Gasteiger partial charge on any atom is 0.245 e. The topological polar surface area (TPSA) is 119 Å². The van der Waals surface area contributed by atoms with Crippen LogP contribution in [0, 0.1) is 12.3 Å². The third-order valence-corrected chi connectivity index (χ3v) is 3.65. The SMILES string of the molecule is C#CCCC(=O)NCc1ccc(COc2nc(N)nc3nc[nH]c23)cc1. The Labute approximate surface area is 150 Å². The van der Waals surface area contributed by atoms with Gasteiger partial charge in [-0.2, -0.15) is 9.97 Å². The summed E-state index contributed by atoms with van der Waals surface area (Å²) in [4.78, 5) is 26.6. The number of hydrogen-bond acceptors (Lipinski definition) is 6. The Kier molecular flexibility index (Phi) is 5.29. The molecule has 132 valence electrons. The Morgan fingerprint density at radius 1 is 1.27 bits per heavy atom. The molecule has 1 aromatic carbocycles. The van der Waals surface area contributed by atoms with Crippen molar-refractivity contribution in [1.82, 2.24) is 25.3 Å². The number of nitrogens with two attached hydrogens (primary N) is 1. The van der Waals surface area contributed by atoms with Crippen molar-refractivity contribution in [3.8, 4) is 18.2 Å². The van der Waals surface area contributed by atoms with E-state index in [0.29, 0.717) is 43.0 Å². The molecule has 8 nitrogen and oxygen atoms in total. The van der Waals surface area contributed by atoms with Crippen molar-refractivity contribution in [2.45, 2.75) is 26.0 Å². The number of imidazole rings is 1. The van der Waals surface area contributed by atoms with Crippen LogP contribution in [-0.4, -0.2) is 25.8 Å². The zero-order valence-corrected chi connectivity index (χ0v) is 14.0. The number of carbonyl (C=O) groups is 1. The average molecular weight is 350 g/mol. The Bertz CT molecular complexity index is 942. The molecule has 0 bridgehead atoms. The van der Waals surface area contributed by atoms with Crippen molar-refractivity contribution in [1.29, 1.82) is 0 Å². The fourth-order valence-electron chi connectivity index (χ4n) is 2.31. The third kappa shape index (κ3) is 4.27. The van der Waals surface area contributed by atoms with Crippen molar-refractivity contribution in [3.63, 3.8) is 0 Å². The molecule has 3 aromatic rings. The number of ether oxygens (including phenoxy) is 1. The van der Waals surface area contributed by atoms with Crippen LogP contribution in [0.2, 0.25) is 0 Å². The number of nitrogens with zero attached hydrogens (tertiary/aromatic N) is 3. The summed E-state index contributed by atoms with van der Waals surface area (Å²) in [6.07, 6.45) is 7.44. The molecular weight excluding hydrogens is 332 g/mol. The molecule has 2 heterocycles. The van der Waals surface area contributed by atoms with Crippen LogP contribution in [0.3, 0.4) is 0 Å². The van der Waals surface area contributed by atoms with E-state index in [4.69, 9.17) is 16.9 Å². The van der Waals surface area contributed by atoms with Gasteiger partial charge in [0.15, 0.2) is 5.65 Å². The minimum atomic E-state index is -0.0553. The molecule has 0 aliphatic carbocycles. The van der Waals surface area contributed by atoms with Crippen LogP contribution in [-0.2, 0) is 17.9 Å². The molecule has 0 aliphatic heterocycles. The molecule has 0 saturated heterocycles. The first kappa shape index (κ1) is 17.2. The number of nitrogens with one attached hydrogen (secondary N) is 2. The fourth-order valence-corrected chi connectivity index (χ4v) is 2.31. The van der Waals surface area contributed by atoms with Crippen LogP contribution in [0.25, 0.3) is 11.2 Å². The molecule has 1 amide bonds. The van der Waals surface area contributed by atoms with Crippen LogP contribution in [0.15, 0.2) is 30.6 Å². The lowest BCUT2D eigenvalue weighted by atomic mass is 10.1. The van der Waals surface area contributed by atoms with Crippen LogP contribution in [0.4, 0.5) is 5.95 Å². The number of nitrogen functional groups attached to an aromatic ring is 1. The average Bonchev–Trinajstić information content (AvgIpc) is 3.12. The number of fused-ring (bicyclic) bond motifs is 1. The fraction of sp³-hybridized carbons (Fsp3) is 0.222. The molecule has 8 heteroatoms. The third-order valence-electron chi connectivity index (χ3n) is 3.65. The monoisotopic (exact) mass is 350 g/mol. The molecule has 2 aromatic heterocycles. The van der Waals surface area contributed by atoms with Gasteiger partial charge < -0.3 is 20.8 Å². The standard InChI is InChI=1S/C18H18N6O2/c1-2-3-4-14(25)20-9-12-5-7-13(8-6-12)10-26-17-15-16(22-11-21-15)23-18(19)24-17/h1,5-8,11H,3-4,9-10H2,(H,20,25)(H3,19,21,22,23,24). The number of amides is 1. The summed E-state index contributed by atoms with van der Waals surface area (Å²) in [5.41, 5.74) is 8.67. The summed E-state index contributed by atoms with van der Waals surface area (Å²) in [7, 11) is 0. The summed E-state index contributed by atoms with van der Waals surface area (Å²) in [5.74, 6) is 2.85. The highest BCUT2D eigenvalue weighted by atomic mass is 16.5. The van der Waals surface area contributed by atoms with E-state index in [1.54, 1.807) is 0 Å². The van der Waals surface area contributed by atoms with Gasteiger partial charge in [-0.1, -0.05) is 24.3 Å². The highest BCUT2D eigenvalue weighted by Crippen LogP contribution is 2.20. The molecule has 0 fully saturated rings. The van der Waals surface area contributed by atoms with Gasteiger partial charge in [0.1, 0.15) is 12.1 Å². The summed E-state index contributed by atoms with van der Waals surface area (Å²) >= 11 is 0. The van der Waals surface area contributed by atoms with Gasteiger partial charge in [0, 0.05) is 19.4 Å². The molecule has 26 heavy (non-hydrogen) atoms. The number of aromatic nitrogens is 4. The zero-order valence-electron chi connectivity index (χ0n) is 14.0. The summed E-state index contributed by atoms with van der Waals surface area (Å²) < 4.78 is 5.74. The van der Waals surface area contributed by atoms with Crippen LogP contribution in [0.1, 0.15) is 24.0 Å². The number of H-pyrrole nitrogens is 1. The first-order chi connectivity index (χ1) is 12.7. The van der Waals surface area contributed by atoms with Gasteiger partial charge in [0.25, 0.3) is 0 Å². The van der Waals surface area contributed by atoms with Crippen molar-refractivity contribution < 1.29 is 9.53 Å². The Morgan fingerprint density at radius 3 is 2.81 bits per heavy atom. The van der Waals surface area contributed by atoms with Crippen molar-refractivity contribution >= 4 is 23.0 Å². The van der Waals surface area contributed by atoms with E-state index >= 15 is 0 Å². The molecule has 0 unspecified atom stereocenters. The van der Waals surface area contributed by atoms with E-state index in [0.717, 1.165) is 11.1 Å². The van der Waals surface area contributed by atoms with Crippen molar-refractivity contribution in [2.75, 3.05) is 5.73 Å². The number of anilines is 1. The molecule has 0 radical (unpaired) electrons. The lowest BCUT2D eigenvalue weighted by Gasteiger charge is -2.08. The zero-order chi connectivity index (χ0) is 18.4. The smallest absolute Gasteiger partial charge is 0.245 e. The second-order valence-corrected chi connectivity index (χ2v) is 5.57. The lowest BCUT2D eigenvalue weighted by Crippen LogP contribution is -2.22. The van der Waals surface area contributed by atoms with Gasteiger partial charge >= 0.3 is 0 Å². The number of benzene rings is 1. The lowest BCUT2D eigenvalue weighted by molar-refractivity contribution is -0.121. The highest BCUT2D eigenvalue weighted by Gasteiger charge is 2.10. The Morgan fingerprint density at radius 2 is 2.04 bits per heavy atom. The minimum Gasteiger partial charge on any atom is -0.471 e. The molecule has 3 rings (SSSR count). The Balaban J connectivity index is 1.57. The molecule has 0 saturated carbocycles. The van der Waals surface area contributed by atoms with E-state index in [1.165, 1.54) is 6.33 Å². The highest BCUT2D eigenvalue weighted by molar-refractivity contribution is 5.76. The maximum absolute atomic E-state index is 11.6. The van der Waals surface area contributed by atoms with Crippen LogP contribution < -0.4 is 15.8 Å². The first-order valence-electron chi connectivity index (χ1n) is 8.03. The second kappa shape index (κ2) is 7.98. The molecule has 4 N–H and O–H groups in total. The summed E-state index contributed by atoms with van der Waals surface area (Å²) in [6.45, 7) is 0.779. The van der Waals surface area contributed by atoms with Gasteiger partial charge in [-0.15, -0.1) is 12.3 Å². The van der Waals surface area contributed by atoms with E-state index in [2.05, 4.69) is 31.2 Å². The van der Waals surface area contributed by atoms with Gasteiger partial charge in [-0.25, -0.2) is 4.98 Å². The number of aromatic amines is 1. The van der Waals surface area contributed by atoms with E-state index in [9.17, 15) is 4.79 Å². The van der Waals surface area contributed by atoms with Gasteiger partial charge in [-0.05, 0) is 11.1 Å². The van der Waals surface area contributed by atoms with E-state index < -0.39 is 0 Å². The van der Waals surface area contributed by atoms with E-state index in [1.807, 2.05) is 24.3 Å². The number of hydrogen-bond donors (Lipinski definition) is 3. The van der Waals surface area contributed by atoms with Gasteiger partial charge in [0.2, 0.25) is 17.7 Å². The van der Waals surface area contributed by atoms with Crippen LogP contribution in [0.5, 0.6) is 5.88 Å². The number of rotatable bonds is 7. The van der Waals surface area contributed by atoms with Gasteiger partial charge in [0.05, 0.1) is 6.33 Å². The summed E-state index contributed by atoms with van der Waals surface area (Å²) in [6, 6.07) is 7.72. The van der Waals surface area contributed by atoms with Crippen LogP contribution >= 0.6 is 0 Å². The second-order valence-electron chi connectivity index (χ2n) is 5.57. The molecule has 0 aliphatic rings. The quantitative estimate of drug-likeness (QED) is 0.556. The summed E-state index contributed by atoms with van der Waals surface area (Å²) in [5, 5.41) is 2.83.